The first kappa shape index (κ1) is 13.7. The molecule has 1 aliphatic heterocycles. The fourth-order valence-corrected chi connectivity index (χ4v) is 2.50. The van der Waals surface area contributed by atoms with Gasteiger partial charge in [-0.3, -0.25) is 4.90 Å². The largest absolute Gasteiger partial charge is 0.376 e. The topological polar surface area (TPSA) is 51.4 Å². The van der Waals surface area contributed by atoms with Crippen molar-refractivity contribution < 1.29 is 4.74 Å². The molecule has 0 saturated carbocycles. The van der Waals surface area contributed by atoms with Crippen LogP contribution in [-0.2, 0) is 11.3 Å². The predicted octanol–water partition coefficient (Wildman–Crippen LogP) is 1.76. The van der Waals surface area contributed by atoms with Crippen LogP contribution in [0.25, 0.3) is 0 Å². The van der Waals surface area contributed by atoms with E-state index in [-0.39, 0.29) is 12.4 Å². The molecule has 2 N–H and O–H groups in total. The minimum absolute atomic E-state index is 0. The van der Waals surface area contributed by atoms with Gasteiger partial charge in [0.05, 0.1) is 12.7 Å². The number of rotatable bonds is 2. The van der Waals surface area contributed by atoms with Gasteiger partial charge in [0.15, 0.2) is 5.13 Å². The van der Waals surface area contributed by atoms with Crippen molar-refractivity contribution in [3.63, 3.8) is 0 Å². The second kappa shape index (κ2) is 5.82. The number of nitrogens with two attached hydrogens (primary N) is 1. The Labute approximate surface area is 106 Å². The Bertz CT molecular complexity index is 334. The Morgan fingerprint density at radius 3 is 3.00 bits per heavy atom. The molecule has 1 aliphatic rings. The smallest absolute Gasteiger partial charge is 0.180 e. The highest BCUT2D eigenvalue weighted by Gasteiger charge is 2.23. The molecule has 1 aromatic rings. The molecule has 2 heterocycles. The van der Waals surface area contributed by atoms with Gasteiger partial charge in [-0.25, -0.2) is 4.98 Å². The molecule has 1 saturated heterocycles. The summed E-state index contributed by atoms with van der Waals surface area (Å²) >= 11 is 1.57. The zero-order chi connectivity index (χ0) is 10.8. The molecule has 1 aromatic heterocycles. The highest BCUT2D eigenvalue weighted by Crippen LogP contribution is 2.20. The summed E-state index contributed by atoms with van der Waals surface area (Å²) in [5.74, 6) is 0. The Balaban J connectivity index is 0.00000128. The monoisotopic (exact) mass is 263 g/mol. The standard InChI is InChI=1S/C10H17N3OS.ClH/c1-7-6-14-8(2)4-13(7)5-9-3-12-10(11)15-9;/h3,7-8H,4-6H2,1-2H3,(H2,11,12);1H. The third kappa shape index (κ3) is 3.31. The van der Waals surface area contributed by atoms with E-state index in [9.17, 15) is 0 Å². The van der Waals surface area contributed by atoms with E-state index < -0.39 is 0 Å². The van der Waals surface area contributed by atoms with Crippen LogP contribution in [0.5, 0.6) is 0 Å². The second-order valence-electron chi connectivity index (χ2n) is 4.09. The summed E-state index contributed by atoms with van der Waals surface area (Å²) < 4.78 is 5.58. The molecule has 0 aliphatic carbocycles. The summed E-state index contributed by atoms with van der Waals surface area (Å²) in [5.41, 5.74) is 5.61. The van der Waals surface area contributed by atoms with Gasteiger partial charge >= 0.3 is 0 Å². The van der Waals surface area contributed by atoms with Crippen LogP contribution in [0.2, 0.25) is 0 Å². The highest BCUT2D eigenvalue weighted by atomic mass is 35.5. The molecular weight excluding hydrogens is 246 g/mol. The first-order valence-electron chi connectivity index (χ1n) is 5.21. The van der Waals surface area contributed by atoms with Crippen molar-refractivity contribution in [3.8, 4) is 0 Å². The summed E-state index contributed by atoms with van der Waals surface area (Å²) in [6, 6.07) is 0.476. The number of ether oxygens (including phenoxy) is 1. The van der Waals surface area contributed by atoms with Crippen LogP contribution in [-0.4, -0.2) is 35.2 Å². The van der Waals surface area contributed by atoms with Gasteiger partial charge < -0.3 is 10.5 Å². The minimum atomic E-state index is 0. The van der Waals surface area contributed by atoms with E-state index in [1.807, 2.05) is 6.20 Å². The average molecular weight is 264 g/mol. The quantitative estimate of drug-likeness (QED) is 0.883. The lowest BCUT2D eigenvalue weighted by Gasteiger charge is -2.36. The van der Waals surface area contributed by atoms with Gasteiger partial charge in [0.2, 0.25) is 0 Å². The molecule has 2 unspecified atom stereocenters. The zero-order valence-corrected chi connectivity index (χ0v) is 11.2. The van der Waals surface area contributed by atoms with Gasteiger partial charge in [-0.15, -0.1) is 23.7 Å². The number of aromatic nitrogens is 1. The third-order valence-electron chi connectivity index (χ3n) is 2.67. The van der Waals surface area contributed by atoms with Crippen LogP contribution in [0.1, 0.15) is 18.7 Å². The van der Waals surface area contributed by atoms with Crippen LogP contribution >= 0.6 is 23.7 Å². The summed E-state index contributed by atoms with van der Waals surface area (Å²) in [5, 5.41) is 0.652. The van der Waals surface area contributed by atoms with Crippen molar-refractivity contribution >= 4 is 28.9 Å². The van der Waals surface area contributed by atoms with Crippen LogP contribution in [0, 0.1) is 0 Å². The van der Waals surface area contributed by atoms with Crippen molar-refractivity contribution in [2.45, 2.75) is 32.5 Å². The van der Waals surface area contributed by atoms with Gasteiger partial charge in [-0.2, -0.15) is 0 Å². The third-order valence-corrected chi connectivity index (χ3v) is 3.48. The molecule has 2 atom stereocenters. The van der Waals surface area contributed by atoms with Crippen molar-refractivity contribution in [2.24, 2.45) is 0 Å². The lowest BCUT2D eigenvalue weighted by molar-refractivity contribution is -0.0523. The van der Waals surface area contributed by atoms with E-state index >= 15 is 0 Å². The molecule has 0 bridgehead atoms. The maximum Gasteiger partial charge on any atom is 0.180 e. The van der Waals surface area contributed by atoms with Crippen LogP contribution < -0.4 is 5.73 Å². The molecular formula is C10H18ClN3OS. The first-order valence-corrected chi connectivity index (χ1v) is 6.02. The van der Waals surface area contributed by atoms with E-state index in [0.29, 0.717) is 17.3 Å². The number of thiazole rings is 1. The van der Waals surface area contributed by atoms with Gasteiger partial charge in [-0.1, -0.05) is 0 Å². The van der Waals surface area contributed by atoms with Gasteiger partial charge in [-0.05, 0) is 13.8 Å². The Hall–Kier alpha value is -0.360. The number of halogens is 1. The van der Waals surface area contributed by atoms with Crippen molar-refractivity contribution in [1.82, 2.24) is 9.88 Å². The Kier molecular flexibility index (Phi) is 4.98. The molecule has 1 fully saturated rings. The van der Waals surface area contributed by atoms with Crippen LogP contribution in [0.15, 0.2) is 6.20 Å². The molecule has 0 aromatic carbocycles. The number of nitrogens with zero attached hydrogens (tertiary/aromatic N) is 2. The first-order chi connectivity index (χ1) is 7.15. The van der Waals surface area contributed by atoms with Crippen molar-refractivity contribution in [3.05, 3.63) is 11.1 Å². The van der Waals surface area contributed by atoms with Gasteiger partial charge in [0.25, 0.3) is 0 Å². The minimum Gasteiger partial charge on any atom is -0.376 e. The van der Waals surface area contributed by atoms with E-state index in [1.54, 1.807) is 11.3 Å². The molecule has 0 radical (unpaired) electrons. The van der Waals surface area contributed by atoms with Gasteiger partial charge in [0, 0.05) is 30.2 Å². The van der Waals surface area contributed by atoms with E-state index in [0.717, 1.165) is 19.7 Å². The number of anilines is 1. The van der Waals surface area contributed by atoms with Crippen molar-refractivity contribution in [1.29, 1.82) is 0 Å². The molecule has 4 nitrogen and oxygen atoms in total. The number of hydrogen-bond donors (Lipinski definition) is 1. The average Bonchev–Trinajstić information content (AvgIpc) is 2.58. The Morgan fingerprint density at radius 1 is 1.62 bits per heavy atom. The summed E-state index contributed by atoms with van der Waals surface area (Å²) in [6.07, 6.45) is 2.19. The van der Waals surface area contributed by atoms with Crippen LogP contribution in [0.4, 0.5) is 5.13 Å². The highest BCUT2D eigenvalue weighted by molar-refractivity contribution is 7.15. The normalized spacial score (nSPS) is 26.4. The second-order valence-corrected chi connectivity index (χ2v) is 5.23. The maximum atomic E-state index is 5.61. The van der Waals surface area contributed by atoms with Crippen LogP contribution in [0.3, 0.4) is 0 Å². The molecule has 2 rings (SSSR count). The molecule has 0 spiro atoms. The number of morpholine rings is 1. The van der Waals surface area contributed by atoms with Crippen molar-refractivity contribution in [2.75, 3.05) is 18.9 Å². The van der Waals surface area contributed by atoms with E-state index in [1.165, 1.54) is 4.88 Å². The Morgan fingerprint density at radius 2 is 2.38 bits per heavy atom. The zero-order valence-electron chi connectivity index (χ0n) is 9.55. The number of nitrogen functional groups attached to an aromatic ring is 1. The maximum absolute atomic E-state index is 5.61. The molecule has 16 heavy (non-hydrogen) atoms. The molecule has 92 valence electrons. The van der Waals surface area contributed by atoms with Gasteiger partial charge in [0.1, 0.15) is 0 Å². The summed E-state index contributed by atoms with van der Waals surface area (Å²) in [6.45, 7) is 7.04. The summed E-state index contributed by atoms with van der Waals surface area (Å²) in [4.78, 5) is 7.71. The number of hydrogen-bond acceptors (Lipinski definition) is 5. The summed E-state index contributed by atoms with van der Waals surface area (Å²) in [7, 11) is 0. The fourth-order valence-electron chi connectivity index (χ4n) is 1.79. The SMILES string of the molecule is CC1CN(Cc2cnc(N)s2)C(C)CO1.Cl. The molecule has 0 amide bonds. The van der Waals surface area contributed by atoms with E-state index in [4.69, 9.17) is 10.5 Å². The predicted molar refractivity (Wildman–Crippen MR) is 69.1 cm³/mol. The lowest BCUT2D eigenvalue weighted by atomic mass is 10.2. The van der Waals surface area contributed by atoms with E-state index in [2.05, 4.69) is 23.7 Å². The lowest BCUT2D eigenvalue weighted by Crippen LogP contribution is -2.46. The molecule has 6 heteroatoms. The fraction of sp³-hybridized carbons (Fsp3) is 0.700.